The van der Waals surface area contributed by atoms with Crippen molar-refractivity contribution in [1.29, 1.82) is 0 Å². The van der Waals surface area contributed by atoms with Crippen LogP contribution in [-0.4, -0.2) is 0 Å². The van der Waals surface area contributed by atoms with E-state index in [1.54, 1.807) is 0 Å². The van der Waals surface area contributed by atoms with Gasteiger partial charge in [-0.05, 0) is 12.8 Å². The Morgan fingerprint density at radius 2 is 1.00 bits per heavy atom. The summed E-state index contributed by atoms with van der Waals surface area (Å²) in [4.78, 5) is 0. The third-order valence-corrected chi connectivity index (χ3v) is 4.06. The van der Waals surface area contributed by atoms with Crippen LogP contribution in [0.5, 0.6) is 0 Å². The zero-order valence-electron chi connectivity index (χ0n) is 13.3. The first kappa shape index (κ1) is 17.2. The van der Waals surface area contributed by atoms with Crippen molar-refractivity contribution in [3.05, 3.63) is 83.9 Å². The first-order valence-corrected chi connectivity index (χ1v) is 7.17. The van der Waals surface area contributed by atoms with E-state index in [1.165, 1.54) is 32.7 Å². The Morgan fingerprint density at radius 1 is 0.591 bits per heavy atom. The molecule has 98 valence electrons. The van der Waals surface area contributed by atoms with Crippen molar-refractivity contribution in [2.45, 2.75) is 12.8 Å². The molecule has 2 heteroatoms. The fraction of sp³-hybridized carbons (Fsp3) is 0.100. The zero-order chi connectivity index (χ0) is 13.4. The van der Waals surface area contributed by atoms with E-state index in [2.05, 4.69) is 72.8 Å². The molecule has 4 aromatic carbocycles. The molecule has 0 atom stereocenters. The van der Waals surface area contributed by atoms with Gasteiger partial charge in [0.15, 0.2) is 0 Å². The van der Waals surface area contributed by atoms with Gasteiger partial charge in [0.1, 0.15) is 0 Å². The van der Waals surface area contributed by atoms with Crippen LogP contribution in [0.3, 0.4) is 0 Å². The number of fused-ring (bicyclic) bond motifs is 2. The van der Waals surface area contributed by atoms with Gasteiger partial charge in [-0.2, -0.15) is 12.1 Å². The summed E-state index contributed by atoms with van der Waals surface area (Å²) < 4.78 is 0. The maximum Gasteiger partial charge on any atom is 1.00 e. The molecule has 0 aliphatic carbocycles. The van der Waals surface area contributed by atoms with Crippen LogP contribution >= 0.6 is 0 Å². The molecule has 0 N–H and O–H groups in total. The quantitative estimate of drug-likeness (QED) is 0.338. The van der Waals surface area contributed by atoms with Crippen LogP contribution in [0, 0.1) is 0 Å². The van der Waals surface area contributed by atoms with E-state index >= 15 is 0 Å². The minimum Gasteiger partial charge on any atom is -0.165 e. The van der Waals surface area contributed by atoms with Crippen LogP contribution < -0.4 is 37.7 Å². The molecule has 0 aliphatic heterocycles. The Labute approximate surface area is 155 Å². The molecule has 0 amide bonds. The summed E-state index contributed by atoms with van der Waals surface area (Å²) in [6.07, 6.45) is 2.23. The molecular weight excluding hydrogens is 254 g/mol. The average Bonchev–Trinajstić information content (AvgIpc) is 3.07. The molecule has 0 bridgehead atoms. The van der Waals surface area contributed by atoms with Gasteiger partial charge >= 0.3 is 37.7 Å². The van der Waals surface area contributed by atoms with Gasteiger partial charge in [0.2, 0.25) is 0 Å². The van der Waals surface area contributed by atoms with Crippen molar-refractivity contribution in [2.24, 2.45) is 0 Å². The van der Waals surface area contributed by atoms with Crippen LogP contribution in [0.4, 0.5) is 0 Å². The van der Waals surface area contributed by atoms with Gasteiger partial charge in [-0.25, -0.2) is 0 Å². The fourth-order valence-corrected chi connectivity index (χ4v) is 3.01. The van der Waals surface area contributed by atoms with Gasteiger partial charge in [0.05, 0.1) is 0 Å². The molecule has 0 saturated heterocycles. The van der Waals surface area contributed by atoms with Gasteiger partial charge in [-0.1, -0.05) is 12.1 Å². The van der Waals surface area contributed by atoms with Crippen LogP contribution in [0.25, 0.3) is 21.5 Å². The molecule has 0 unspecified atom stereocenters. The van der Waals surface area contributed by atoms with Gasteiger partial charge in [-0.15, -0.1) is 81.2 Å². The van der Waals surface area contributed by atoms with Crippen LogP contribution in [0.2, 0.25) is 0 Å². The third-order valence-electron chi connectivity index (χ3n) is 4.06. The molecule has 0 saturated carbocycles. The second kappa shape index (κ2) is 7.41. The summed E-state index contributed by atoms with van der Waals surface area (Å²) in [6.45, 7) is 0. The van der Waals surface area contributed by atoms with Crippen LogP contribution in [-0.2, 0) is 12.8 Å². The Bertz CT molecular complexity index is 727. The van der Waals surface area contributed by atoms with E-state index in [0.29, 0.717) is 0 Å². The smallest absolute Gasteiger partial charge is 0.165 e. The predicted molar refractivity (Wildman–Crippen MR) is 86.5 cm³/mol. The van der Waals surface area contributed by atoms with E-state index < -0.39 is 0 Å². The number of aryl methyl sites for hydroxylation is 2. The van der Waals surface area contributed by atoms with Gasteiger partial charge in [0, 0.05) is 0 Å². The van der Waals surface area contributed by atoms with Gasteiger partial charge in [0.25, 0.3) is 0 Å². The summed E-state index contributed by atoms with van der Waals surface area (Å²) in [5.74, 6) is 0. The summed E-state index contributed by atoms with van der Waals surface area (Å²) in [5.41, 5.74) is 2.88. The van der Waals surface area contributed by atoms with Crippen molar-refractivity contribution in [3.8, 4) is 0 Å². The van der Waals surface area contributed by atoms with Crippen LogP contribution in [0.1, 0.15) is 11.1 Å². The molecule has 0 aliphatic rings. The summed E-state index contributed by atoms with van der Waals surface area (Å²) in [7, 11) is 0. The second-order valence-corrected chi connectivity index (χ2v) is 5.49. The predicted octanol–water partition coefficient (Wildman–Crippen LogP) is -0.776. The van der Waals surface area contributed by atoms with Gasteiger partial charge < -0.3 is 0 Å². The van der Waals surface area contributed by atoms with Crippen molar-refractivity contribution in [2.75, 3.05) is 0 Å². The molecule has 22 heavy (non-hydrogen) atoms. The third kappa shape index (κ3) is 3.43. The SMILES string of the molecule is [Li+].[Li+].c1ccc2[cH-]c(CCc3cc4ccccc4[cH-]3)cc2c1. The first-order valence-electron chi connectivity index (χ1n) is 7.17. The number of rotatable bonds is 3. The van der Waals surface area contributed by atoms with E-state index in [0.717, 1.165) is 12.8 Å². The normalized spacial score (nSPS) is 10.4. The maximum atomic E-state index is 2.32. The molecule has 0 heterocycles. The van der Waals surface area contributed by atoms with Gasteiger partial charge in [-0.3, -0.25) is 0 Å². The Morgan fingerprint density at radius 3 is 1.41 bits per heavy atom. The topological polar surface area (TPSA) is 0 Å². The number of hydrogen-bond acceptors (Lipinski definition) is 0. The van der Waals surface area contributed by atoms with E-state index in [-0.39, 0.29) is 37.7 Å². The molecular formula is C20H16Li2. The molecule has 4 aromatic rings. The minimum absolute atomic E-state index is 0. The van der Waals surface area contributed by atoms with E-state index in [9.17, 15) is 0 Å². The zero-order valence-corrected chi connectivity index (χ0v) is 13.3. The Balaban J connectivity index is 0.000000882. The summed E-state index contributed by atoms with van der Waals surface area (Å²) >= 11 is 0. The van der Waals surface area contributed by atoms with Crippen molar-refractivity contribution < 1.29 is 37.7 Å². The van der Waals surface area contributed by atoms with E-state index in [4.69, 9.17) is 0 Å². The first-order chi connectivity index (χ1) is 9.88. The molecule has 0 fully saturated rings. The molecule has 0 aromatic heterocycles. The molecule has 0 radical (unpaired) electrons. The largest absolute Gasteiger partial charge is 1.00 e. The number of benzene rings is 2. The van der Waals surface area contributed by atoms with Crippen LogP contribution in [0.15, 0.2) is 72.8 Å². The second-order valence-electron chi connectivity index (χ2n) is 5.49. The summed E-state index contributed by atoms with van der Waals surface area (Å²) in [5, 5.41) is 5.43. The Hall–Kier alpha value is -1.15. The molecule has 0 nitrogen and oxygen atoms in total. The standard InChI is InChI=1S/C20H16.2Li/c1-2-6-18-12-15(11-17(18)5-1)9-10-16-13-19-7-3-4-8-20(19)14-16;;/h1-8,11-14H,9-10H2;;/q-2;2*+1. The number of hydrogen-bond donors (Lipinski definition) is 0. The monoisotopic (exact) mass is 270 g/mol. The maximum absolute atomic E-state index is 2.32. The van der Waals surface area contributed by atoms with E-state index in [1.807, 2.05) is 0 Å². The fourth-order valence-electron chi connectivity index (χ4n) is 3.01. The van der Waals surface area contributed by atoms with Crippen molar-refractivity contribution in [1.82, 2.24) is 0 Å². The van der Waals surface area contributed by atoms with Crippen molar-refractivity contribution in [3.63, 3.8) is 0 Å². The molecule has 4 rings (SSSR count). The Kier molecular flexibility index (Phi) is 5.80. The van der Waals surface area contributed by atoms with Crippen molar-refractivity contribution >= 4 is 21.5 Å². The minimum atomic E-state index is 0. The summed E-state index contributed by atoms with van der Waals surface area (Å²) in [6, 6.07) is 26.5. The average molecular weight is 270 g/mol. The molecule has 0 spiro atoms.